The highest BCUT2D eigenvalue weighted by atomic mass is 15.1. The second kappa shape index (κ2) is 4.92. The summed E-state index contributed by atoms with van der Waals surface area (Å²) < 4.78 is 2.27. The van der Waals surface area contributed by atoms with Crippen molar-refractivity contribution in [1.82, 2.24) is 9.55 Å². The number of nitriles is 1. The van der Waals surface area contributed by atoms with Gasteiger partial charge in [-0.05, 0) is 43.4 Å². The van der Waals surface area contributed by atoms with Gasteiger partial charge in [-0.15, -0.1) is 0 Å². The highest BCUT2D eigenvalue weighted by Gasteiger charge is 2.25. The maximum Gasteiger partial charge on any atom is 0.101 e. The Morgan fingerprint density at radius 2 is 2.10 bits per heavy atom. The van der Waals surface area contributed by atoms with Gasteiger partial charge in [-0.1, -0.05) is 6.07 Å². The molecule has 1 atom stereocenters. The van der Waals surface area contributed by atoms with E-state index in [1.807, 2.05) is 18.6 Å². The molecule has 2 aliphatic rings. The van der Waals surface area contributed by atoms with Crippen molar-refractivity contribution < 1.29 is 0 Å². The van der Waals surface area contributed by atoms with Crippen molar-refractivity contribution in [1.29, 1.82) is 5.26 Å². The Labute approximate surface area is 124 Å². The number of imidazole rings is 1. The first-order valence-corrected chi connectivity index (χ1v) is 7.66. The first-order valence-electron chi connectivity index (χ1n) is 7.66. The molecule has 0 spiro atoms. The van der Waals surface area contributed by atoms with E-state index in [0.717, 1.165) is 37.2 Å². The van der Waals surface area contributed by atoms with Gasteiger partial charge in [0, 0.05) is 25.0 Å². The van der Waals surface area contributed by atoms with Gasteiger partial charge in [-0.25, -0.2) is 4.98 Å². The van der Waals surface area contributed by atoms with Crippen molar-refractivity contribution in [2.24, 2.45) is 0 Å². The minimum absolute atomic E-state index is 0.372. The second-order valence-electron chi connectivity index (χ2n) is 5.93. The fourth-order valence-corrected chi connectivity index (χ4v) is 3.63. The summed E-state index contributed by atoms with van der Waals surface area (Å²) in [6.45, 7) is 2.14. The minimum atomic E-state index is 0.372. The lowest BCUT2D eigenvalue weighted by Crippen LogP contribution is -2.19. The number of rotatable bonds is 2. The molecule has 4 rings (SSSR count). The Kier molecular flexibility index (Phi) is 2.92. The van der Waals surface area contributed by atoms with E-state index in [1.54, 1.807) is 0 Å². The van der Waals surface area contributed by atoms with Crippen molar-refractivity contribution in [3.8, 4) is 6.07 Å². The highest BCUT2D eigenvalue weighted by molar-refractivity contribution is 5.61. The fourth-order valence-electron chi connectivity index (χ4n) is 3.63. The minimum Gasteiger partial charge on any atom is -0.370 e. The lowest BCUT2D eigenvalue weighted by Gasteiger charge is -2.22. The van der Waals surface area contributed by atoms with Crippen molar-refractivity contribution in [2.75, 3.05) is 18.0 Å². The largest absolute Gasteiger partial charge is 0.370 e. The number of hydrogen-bond acceptors (Lipinski definition) is 3. The van der Waals surface area contributed by atoms with Gasteiger partial charge in [0.05, 0.1) is 23.6 Å². The van der Waals surface area contributed by atoms with Gasteiger partial charge in [0.25, 0.3) is 0 Å². The summed E-state index contributed by atoms with van der Waals surface area (Å²) in [5.74, 6) is 0. The standard InChI is InChI=1S/C17H18N4/c18-10-14-4-3-13(9-17(14)20-7-1-2-8-20)16-6-5-15-11-19-12-21(15)16/h3-4,9,11-12,16H,1-2,5-8H2. The molecule has 0 N–H and O–H groups in total. The lowest BCUT2D eigenvalue weighted by molar-refractivity contribution is 0.615. The van der Waals surface area contributed by atoms with Gasteiger partial charge in [-0.2, -0.15) is 5.26 Å². The van der Waals surface area contributed by atoms with Crippen molar-refractivity contribution >= 4 is 5.69 Å². The Bertz CT molecular complexity index is 704. The van der Waals surface area contributed by atoms with Crippen LogP contribution in [0.5, 0.6) is 0 Å². The second-order valence-corrected chi connectivity index (χ2v) is 5.93. The van der Waals surface area contributed by atoms with Gasteiger partial charge in [0.15, 0.2) is 0 Å². The number of aromatic nitrogens is 2. The van der Waals surface area contributed by atoms with Crippen LogP contribution in [0.3, 0.4) is 0 Å². The zero-order chi connectivity index (χ0) is 14.2. The van der Waals surface area contributed by atoms with E-state index in [2.05, 4.69) is 32.7 Å². The predicted octanol–water partition coefficient (Wildman–Crippen LogP) is 2.89. The van der Waals surface area contributed by atoms with E-state index in [4.69, 9.17) is 0 Å². The molecule has 4 nitrogen and oxygen atoms in total. The topological polar surface area (TPSA) is 44.9 Å². The summed E-state index contributed by atoms with van der Waals surface area (Å²) in [5, 5.41) is 9.37. The molecule has 0 saturated carbocycles. The third-order valence-electron chi connectivity index (χ3n) is 4.73. The van der Waals surface area contributed by atoms with Crippen LogP contribution in [0.1, 0.15) is 42.1 Å². The van der Waals surface area contributed by atoms with Crippen molar-refractivity contribution in [2.45, 2.75) is 31.7 Å². The van der Waals surface area contributed by atoms with Crippen LogP contribution in [0, 0.1) is 11.3 Å². The SMILES string of the molecule is N#Cc1ccc(C2CCc3cncn32)cc1N1CCCC1. The average Bonchev–Trinajstić information content (AvgIpc) is 3.23. The molecule has 0 bridgehead atoms. The van der Waals surface area contributed by atoms with E-state index in [-0.39, 0.29) is 0 Å². The van der Waals surface area contributed by atoms with Gasteiger partial charge in [-0.3, -0.25) is 0 Å². The Balaban J connectivity index is 1.74. The van der Waals surface area contributed by atoms with Crippen LogP contribution < -0.4 is 4.90 Å². The first kappa shape index (κ1) is 12.5. The molecule has 4 heteroatoms. The van der Waals surface area contributed by atoms with Gasteiger partial charge < -0.3 is 9.47 Å². The number of aryl methyl sites for hydroxylation is 1. The molecule has 0 radical (unpaired) electrons. The fraction of sp³-hybridized carbons (Fsp3) is 0.412. The molecule has 1 fully saturated rings. The molecule has 1 saturated heterocycles. The Hall–Kier alpha value is -2.28. The monoisotopic (exact) mass is 278 g/mol. The third-order valence-corrected chi connectivity index (χ3v) is 4.73. The average molecular weight is 278 g/mol. The number of fused-ring (bicyclic) bond motifs is 1. The van der Waals surface area contributed by atoms with Crippen LogP contribution >= 0.6 is 0 Å². The zero-order valence-electron chi connectivity index (χ0n) is 12.0. The van der Waals surface area contributed by atoms with E-state index in [0.29, 0.717) is 6.04 Å². The normalized spacial score (nSPS) is 20.5. The van der Waals surface area contributed by atoms with Crippen LogP contribution in [0.15, 0.2) is 30.7 Å². The molecule has 2 aromatic rings. The zero-order valence-corrected chi connectivity index (χ0v) is 12.0. The number of hydrogen-bond donors (Lipinski definition) is 0. The van der Waals surface area contributed by atoms with Gasteiger partial charge in [0.2, 0.25) is 0 Å². The predicted molar refractivity (Wildman–Crippen MR) is 81.3 cm³/mol. The van der Waals surface area contributed by atoms with Crippen molar-refractivity contribution in [3.63, 3.8) is 0 Å². The lowest BCUT2D eigenvalue weighted by atomic mass is 10.0. The third kappa shape index (κ3) is 2.01. The molecule has 0 amide bonds. The molecule has 0 aliphatic carbocycles. The molecule has 2 aliphatic heterocycles. The smallest absolute Gasteiger partial charge is 0.101 e. The van der Waals surface area contributed by atoms with Crippen molar-refractivity contribution in [3.05, 3.63) is 47.5 Å². The number of nitrogens with zero attached hydrogens (tertiary/aromatic N) is 4. The van der Waals surface area contributed by atoms with E-state index in [1.165, 1.54) is 24.1 Å². The van der Waals surface area contributed by atoms with E-state index >= 15 is 0 Å². The summed E-state index contributed by atoms with van der Waals surface area (Å²) in [6.07, 6.45) is 8.56. The van der Waals surface area contributed by atoms with Gasteiger partial charge in [0.1, 0.15) is 6.07 Å². The molecule has 1 aromatic carbocycles. The Morgan fingerprint density at radius 1 is 1.24 bits per heavy atom. The van der Waals surface area contributed by atoms with Crippen LogP contribution in [-0.2, 0) is 6.42 Å². The summed E-state index contributed by atoms with van der Waals surface area (Å²) in [6, 6.07) is 9.03. The van der Waals surface area contributed by atoms with E-state index in [9.17, 15) is 5.26 Å². The highest BCUT2D eigenvalue weighted by Crippen LogP contribution is 2.35. The van der Waals surface area contributed by atoms with Crippen LogP contribution in [0.25, 0.3) is 0 Å². The summed E-state index contributed by atoms with van der Waals surface area (Å²) in [7, 11) is 0. The molecule has 106 valence electrons. The maximum atomic E-state index is 9.37. The first-order chi connectivity index (χ1) is 10.4. The quantitative estimate of drug-likeness (QED) is 0.848. The summed E-state index contributed by atoms with van der Waals surface area (Å²) in [5.41, 5.74) is 4.52. The summed E-state index contributed by atoms with van der Waals surface area (Å²) in [4.78, 5) is 6.61. The molecule has 1 aromatic heterocycles. The van der Waals surface area contributed by atoms with E-state index < -0.39 is 0 Å². The molecular weight excluding hydrogens is 260 g/mol. The molecular formula is C17H18N4. The van der Waals surface area contributed by atoms with Crippen LogP contribution in [0.2, 0.25) is 0 Å². The molecule has 1 unspecified atom stereocenters. The molecule has 3 heterocycles. The molecule has 21 heavy (non-hydrogen) atoms. The van der Waals surface area contributed by atoms with Crippen LogP contribution in [0.4, 0.5) is 5.69 Å². The Morgan fingerprint density at radius 3 is 2.90 bits per heavy atom. The van der Waals surface area contributed by atoms with Crippen LogP contribution in [-0.4, -0.2) is 22.6 Å². The number of benzene rings is 1. The van der Waals surface area contributed by atoms with Gasteiger partial charge >= 0.3 is 0 Å². The summed E-state index contributed by atoms with van der Waals surface area (Å²) >= 11 is 0. The number of anilines is 1. The maximum absolute atomic E-state index is 9.37.